The highest BCUT2D eigenvalue weighted by atomic mass is 35.5. The van der Waals surface area contributed by atoms with Gasteiger partial charge >= 0.3 is 5.97 Å². The van der Waals surface area contributed by atoms with E-state index in [1.165, 1.54) is 18.2 Å². The van der Waals surface area contributed by atoms with Crippen LogP contribution in [0.1, 0.15) is 41.2 Å². The van der Waals surface area contributed by atoms with Gasteiger partial charge in [0.15, 0.2) is 0 Å². The third-order valence-corrected chi connectivity index (χ3v) is 4.20. The Hall–Kier alpha value is -2.34. The van der Waals surface area contributed by atoms with Crippen molar-refractivity contribution in [3.05, 3.63) is 45.7 Å². The van der Waals surface area contributed by atoms with Gasteiger partial charge in [-0.15, -0.1) is 0 Å². The maximum absolute atomic E-state index is 12.3. The first-order valence-corrected chi connectivity index (χ1v) is 8.42. The average Bonchev–Trinajstić information content (AvgIpc) is 2.74. The highest BCUT2D eigenvalue weighted by Crippen LogP contribution is 2.22. The Labute approximate surface area is 151 Å². The molecule has 1 aromatic carbocycles. The molecular formula is C18H22ClN3O3. The molecule has 0 bridgehead atoms. The van der Waals surface area contributed by atoms with E-state index in [-0.39, 0.29) is 22.9 Å². The second-order valence-electron chi connectivity index (χ2n) is 6.45. The van der Waals surface area contributed by atoms with Crippen molar-refractivity contribution in [2.45, 2.75) is 40.7 Å². The number of anilines is 1. The number of aromatic carboxylic acids is 1. The number of nitrogens with zero attached hydrogens (tertiary/aromatic N) is 2. The van der Waals surface area contributed by atoms with Crippen molar-refractivity contribution in [2.24, 2.45) is 5.92 Å². The zero-order valence-corrected chi connectivity index (χ0v) is 15.5. The number of benzene rings is 1. The molecule has 7 heteroatoms. The number of hydrogen-bond acceptors (Lipinski definition) is 3. The summed E-state index contributed by atoms with van der Waals surface area (Å²) < 4.78 is 1.93. The summed E-state index contributed by atoms with van der Waals surface area (Å²) in [5.41, 5.74) is 3.20. The summed E-state index contributed by atoms with van der Waals surface area (Å²) in [4.78, 5) is 23.3. The summed E-state index contributed by atoms with van der Waals surface area (Å²) in [6.45, 7) is 8.90. The van der Waals surface area contributed by atoms with Gasteiger partial charge in [-0.1, -0.05) is 25.4 Å². The maximum Gasteiger partial charge on any atom is 0.337 e. The molecule has 6 nitrogen and oxygen atoms in total. The lowest BCUT2D eigenvalue weighted by Crippen LogP contribution is -2.16. The minimum Gasteiger partial charge on any atom is -0.478 e. The van der Waals surface area contributed by atoms with Gasteiger partial charge in [-0.3, -0.25) is 9.48 Å². The van der Waals surface area contributed by atoms with E-state index in [0.29, 0.717) is 11.6 Å². The van der Waals surface area contributed by atoms with Crippen molar-refractivity contribution >= 4 is 29.2 Å². The first-order chi connectivity index (χ1) is 11.7. The Morgan fingerprint density at radius 1 is 1.32 bits per heavy atom. The molecule has 1 amide bonds. The van der Waals surface area contributed by atoms with Crippen molar-refractivity contribution in [1.82, 2.24) is 9.78 Å². The molecule has 0 saturated heterocycles. The third-order valence-electron chi connectivity index (χ3n) is 3.89. The Morgan fingerprint density at radius 2 is 2.00 bits per heavy atom. The number of nitrogens with one attached hydrogen (secondary N) is 1. The van der Waals surface area contributed by atoms with E-state index in [4.69, 9.17) is 16.7 Å². The second-order valence-corrected chi connectivity index (χ2v) is 6.86. The normalized spacial score (nSPS) is 11.0. The first kappa shape index (κ1) is 19.0. The molecule has 0 spiro atoms. The Balaban J connectivity index is 2.12. The SMILES string of the molecule is Cc1nn(CC(C)C)c(C)c1CC(=O)Nc1ccc(C(=O)O)c(Cl)c1. The van der Waals surface area contributed by atoms with Crippen LogP contribution in [0.2, 0.25) is 5.02 Å². The van der Waals surface area contributed by atoms with Crippen LogP contribution in [0.4, 0.5) is 5.69 Å². The van der Waals surface area contributed by atoms with Gasteiger partial charge in [-0.2, -0.15) is 5.10 Å². The lowest BCUT2D eigenvalue weighted by molar-refractivity contribution is -0.115. The zero-order chi connectivity index (χ0) is 18.7. The third kappa shape index (κ3) is 4.60. The molecule has 0 saturated carbocycles. The van der Waals surface area contributed by atoms with Crippen molar-refractivity contribution in [3.63, 3.8) is 0 Å². The van der Waals surface area contributed by atoms with Crippen LogP contribution in [-0.2, 0) is 17.8 Å². The number of carbonyl (C=O) groups excluding carboxylic acids is 1. The minimum absolute atomic E-state index is 0.00122. The molecule has 1 heterocycles. The van der Waals surface area contributed by atoms with Gasteiger partial charge in [-0.05, 0) is 38.0 Å². The van der Waals surface area contributed by atoms with E-state index in [1.54, 1.807) is 0 Å². The van der Waals surface area contributed by atoms with E-state index < -0.39 is 5.97 Å². The van der Waals surface area contributed by atoms with Gasteiger partial charge in [0.25, 0.3) is 0 Å². The number of aromatic nitrogens is 2. The summed E-state index contributed by atoms with van der Waals surface area (Å²) in [5, 5.41) is 16.3. The average molecular weight is 364 g/mol. The fourth-order valence-electron chi connectivity index (χ4n) is 2.65. The first-order valence-electron chi connectivity index (χ1n) is 8.04. The van der Waals surface area contributed by atoms with Crippen LogP contribution >= 0.6 is 11.6 Å². The Kier molecular flexibility index (Phi) is 5.85. The van der Waals surface area contributed by atoms with Gasteiger partial charge in [0.2, 0.25) is 5.91 Å². The number of carboxylic acid groups (broad SMARTS) is 1. The largest absolute Gasteiger partial charge is 0.478 e. The van der Waals surface area contributed by atoms with Crippen LogP contribution in [0.25, 0.3) is 0 Å². The van der Waals surface area contributed by atoms with Gasteiger partial charge in [0.1, 0.15) is 0 Å². The Bertz CT molecular complexity index is 812. The predicted octanol–water partition coefficient (Wildman–Crippen LogP) is 3.69. The van der Waals surface area contributed by atoms with Crippen molar-refractivity contribution in [1.29, 1.82) is 0 Å². The van der Waals surface area contributed by atoms with Crippen molar-refractivity contribution in [3.8, 4) is 0 Å². The molecule has 0 atom stereocenters. The molecule has 2 N–H and O–H groups in total. The van der Waals surface area contributed by atoms with E-state index in [0.717, 1.165) is 23.5 Å². The molecule has 0 radical (unpaired) electrons. The monoisotopic (exact) mass is 363 g/mol. The van der Waals surface area contributed by atoms with Crippen LogP contribution in [0.15, 0.2) is 18.2 Å². The van der Waals surface area contributed by atoms with E-state index in [2.05, 4.69) is 24.3 Å². The van der Waals surface area contributed by atoms with Crippen LogP contribution in [0.3, 0.4) is 0 Å². The van der Waals surface area contributed by atoms with E-state index in [9.17, 15) is 9.59 Å². The maximum atomic E-state index is 12.3. The highest BCUT2D eigenvalue weighted by Gasteiger charge is 2.16. The number of carbonyl (C=O) groups is 2. The Morgan fingerprint density at radius 3 is 2.56 bits per heavy atom. The molecule has 134 valence electrons. The van der Waals surface area contributed by atoms with Crippen molar-refractivity contribution < 1.29 is 14.7 Å². The molecule has 25 heavy (non-hydrogen) atoms. The fraction of sp³-hybridized carbons (Fsp3) is 0.389. The predicted molar refractivity (Wildman–Crippen MR) is 97.3 cm³/mol. The number of hydrogen-bond donors (Lipinski definition) is 2. The lowest BCUT2D eigenvalue weighted by Gasteiger charge is -2.09. The quantitative estimate of drug-likeness (QED) is 0.819. The van der Waals surface area contributed by atoms with Crippen LogP contribution in [0, 0.1) is 19.8 Å². The van der Waals surface area contributed by atoms with Crippen LogP contribution in [-0.4, -0.2) is 26.8 Å². The number of halogens is 1. The summed E-state index contributed by atoms with van der Waals surface area (Å²) in [7, 11) is 0. The van der Waals surface area contributed by atoms with Gasteiger partial charge < -0.3 is 10.4 Å². The van der Waals surface area contributed by atoms with E-state index >= 15 is 0 Å². The fourth-order valence-corrected chi connectivity index (χ4v) is 2.91. The highest BCUT2D eigenvalue weighted by molar-refractivity contribution is 6.33. The molecule has 1 aromatic heterocycles. The smallest absolute Gasteiger partial charge is 0.337 e. The van der Waals surface area contributed by atoms with Gasteiger partial charge in [-0.25, -0.2) is 4.79 Å². The molecule has 2 rings (SSSR count). The molecule has 2 aromatic rings. The summed E-state index contributed by atoms with van der Waals surface area (Å²) >= 11 is 5.92. The van der Waals surface area contributed by atoms with Gasteiger partial charge in [0.05, 0.1) is 22.7 Å². The summed E-state index contributed by atoms with van der Waals surface area (Å²) in [5.74, 6) is -0.837. The van der Waals surface area contributed by atoms with Crippen LogP contribution < -0.4 is 5.32 Å². The summed E-state index contributed by atoms with van der Waals surface area (Å²) in [6, 6.07) is 4.33. The number of rotatable bonds is 6. The number of aryl methyl sites for hydroxylation is 1. The lowest BCUT2D eigenvalue weighted by atomic mass is 10.1. The molecule has 0 aliphatic carbocycles. The molecule has 0 aliphatic heterocycles. The molecule has 0 unspecified atom stereocenters. The van der Waals surface area contributed by atoms with E-state index in [1.807, 2.05) is 18.5 Å². The summed E-state index contributed by atoms with van der Waals surface area (Å²) in [6.07, 6.45) is 0.202. The molecule has 0 aliphatic rings. The molecule has 0 fully saturated rings. The molecular weight excluding hydrogens is 342 g/mol. The number of amides is 1. The minimum atomic E-state index is -1.10. The second kappa shape index (κ2) is 7.70. The van der Waals surface area contributed by atoms with Crippen LogP contribution in [0.5, 0.6) is 0 Å². The number of carboxylic acids is 1. The standard InChI is InChI=1S/C18H22ClN3O3/c1-10(2)9-22-12(4)15(11(3)21-22)8-17(23)20-13-5-6-14(18(24)25)16(19)7-13/h5-7,10H,8-9H2,1-4H3,(H,20,23)(H,24,25). The topological polar surface area (TPSA) is 84.2 Å². The van der Waals surface area contributed by atoms with Gasteiger partial charge in [0, 0.05) is 23.5 Å². The zero-order valence-electron chi connectivity index (χ0n) is 14.8. The van der Waals surface area contributed by atoms with Crippen molar-refractivity contribution in [2.75, 3.05) is 5.32 Å².